The summed E-state index contributed by atoms with van der Waals surface area (Å²) in [6.07, 6.45) is 2.74. The Morgan fingerprint density at radius 2 is 1.88 bits per heavy atom. The fourth-order valence-electron chi connectivity index (χ4n) is 2.07. The Bertz CT molecular complexity index is 491. The van der Waals surface area contributed by atoms with Gasteiger partial charge in [0.2, 0.25) is 0 Å². The third-order valence-corrected chi connectivity index (χ3v) is 3.10. The predicted molar refractivity (Wildman–Crippen MR) is 67.5 cm³/mol. The number of rotatable bonds is 3. The van der Waals surface area contributed by atoms with Crippen molar-refractivity contribution in [1.29, 1.82) is 0 Å². The van der Waals surface area contributed by atoms with E-state index in [1.54, 1.807) is 0 Å². The summed E-state index contributed by atoms with van der Waals surface area (Å²) in [6, 6.07) is 10.7. The van der Waals surface area contributed by atoms with E-state index in [1.165, 1.54) is 17.7 Å². The van der Waals surface area contributed by atoms with Gasteiger partial charge >= 0.3 is 0 Å². The molecule has 1 heterocycles. The van der Waals surface area contributed by atoms with Crippen molar-refractivity contribution in [2.45, 2.75) is 26.2 Å². The molecule has 0 aliphatic carbocycles. The van der Waals surface area contributed by atoms with Gasteiger partial charge in [0, 0.05) is 17.8 Å². The van der Waals surface area contributed by atoms with E-state index < -0.39 is 0 Å². The van der Waals surface area contributed by atoms with Crippen LogP contribution in [0.15, 0.2) is 42.6 Å². The van der Waals surface area contributed by atoms with Crippen LogP contribution in [0.2, 0.25) is 0 Å². The van der Waals surface area contributed by atoms with Crippen LogP contribution in [0.4, 0.5) is 4.39 Å². The zero-order valence-electron chi connectivity index (χ0n) is 10.2. The first-order chi connectivity index (χ1) is 8.22. The second kappa shape index (κ2) is 5.09. The van der Waals surface area contributed by atoms with Crippen molar-refractivity contribution in [3.63, 3.8) is 0 Å². The number of aromatic nitrogens is 1. The molecule has 0 amide bonds. The summed E-state index contributed by atoms with van der Waals surface area (Å²) in [4.78, 5) is 4.39. The first-order valence-electron chi connectivity index (χ1n) is 5.91. The minimum Gasteiger partial charge on any atom is -0.261 e. The van der Waals surface area contributed by atoms with Crippen LogP contribution >= 0.6 is 0 Å². The van der Waals surface area contributed by atoms with Crippen molar-refractivity contribution in [2.75, 3.05) is 0 Å². The molecule has 2 aromatic rings. The van der Waals surface area contributed by atoms with E-state index in [0.29, 0.717) is 0 Å². The SMILES string of the molecule is CCc1ncccc1C(C)c1ccc(F)cc1. The van der Waals surface area contributed by atoms with Gasteiger partial charge in [0.05, 0.1) is 0 Å². The number of hydrogen-bond donors (Lipinski definition) is 0. The zero-order chi connectivity index (χ0) is 12.3. The van der Waals surface area contributed by atoms with Gasteiger partial charge in [-0.05, 0) is 35.7 Å². The van der Waals surface area contributed by atoms with Gasteiger partial charge in [0.25, 0.3) is 0 Å². The van der Waals surface area contributed by atoms with Gasteiger partial charge in [-0.2, -0.15) is 0 Å². The van der Waals surface area contributed by atoms with E-state index in [0.717, 1.165) is 17.7 Å². The molecule has 0 saturated heterocycles. The normalized spacial score (nSPS) is 12.4. The summed E-state index contributed by atoms with van der Waals surface area (Å²) in [6.45, 7) is 4.23. The third kappa shape index (κ3) is 2.52. The number of benzene rings is 1. The molecule has 1 aromatic carbocycles. The van der Waals surface area contributed by atoms with E-state index in [4.69, 9.17) is 0 Å². The Hall–Kier alpha value is -1.70. The minimum atomic E-state index is -0.192. The molecule has 0 saturated carbocycles. The molecule has 0 spiro atoms. The highest BCUT2D eigenvalue weighted by atomic mass is 19.1. The number of halogens is 1. The number of nitrogens with zero attached hydrogens (tertiary/aromatic N) is 1. The van der Waals surface area contributed by atoms with Gasteiger partial charge in [-0.1, -0.05) is 32.0 Å². The molecule has 0 fully saturated rings. The van der Waals surface area contributed by atoms with E-state index in [9.17, 15) is 4.39 Å². The maximum Gasteiger partial charge on any atom is 0.123 e. The fourth-order valence-corrected chi connectivity index (χ4v) is 2.07. The average Bonchev–Trinajstić information content (AvgIpc) is 2.39. The molecule has 17 heavy (non-hydrogen) atoms. The topological polar surface area (TPSA) is 12.9 Å². The van der Waals surface area contributed by atoms with E-state index in [1.807, 2.05) is 24.4 Å². The molecular weight excluding hydrogens is 213 g/mol. The Morgan fingerprint density at radius 3 is 2.53 bits per heavy atom. The molecule has 1 aromatic heterocycles. The van der Waals surface area contributed by atoms with Crippen LogP contribution < -0.4 is 0 Å². The predicted octanol–water partition coefficient (Wildman–Crippen LogP) is 3.93. The second-order valence-electron chi connectivity index (χ2n) is 4.17. The maximum absolute atomic E-state index is 12.9. The molecular formula is C15H16FN. The van der Waals surface area contributed by atoms with Crippen molar-refractivity contribution < 1.29 is 4.39 Å². The lowest BCUT2D eigenvalue weighted by Crippen LogP contribution is -2.02. The van der Waals surface area contributed by atoms with Gasteiger partial charge in [-0.15, -0.1) is 0 Å². The first-order valence-corrected chi connectivity index (χ1v) is 5.91. The van der Waals surface area contributed by atoms with Crippen molar-refractivity contribution in [3.8, 4) is 0 Å². The Labute approximate surface area is 101 Å². The monoisotopic (exact) mass is 229 g/mol. The fraction of sp³-hybridized carbons (Fsp3) is 0.267. The number of pyridine rings is 1. The van der Waals surface area contributed by atoms with Crippen molar-refractivity contribution in [1.82, 2.24) is 4.98 Å². The molecule has 88 valence electrons. The summed E-state index contributed by atoms with van der Waals surface area (Å²) < 4.78 is 12.9. The van der Waals surface area contributed by atoms with Crippen molar-refractivity contribution in [2.24, 2.45) is 0 Å². The van der Waals surface area contributed by atoms with Crippen LogP contribution in [0, 0.1) is 5.82 Å². The Morgan fingerprint density at radius 1 is 1.18 bits per heavy atom. The lowest BCUT2D eigenvalue weighted by Gasteiger charge is -2.15. The molecule has 2 rings (SSSR count). The molecule has 0 bridgehead atoms. The van der Waals surface area contributed by atoms with E-state index >= 15 is 0 Å². The van der Waals surface area contributed by atoms with Gasteiger partial charge < -0.3 is 0 Å². The number of aryl methyl sites for hydroxylation is 1. The highest BCUT2D eigenvalue weighted by Crippen LogP contribution is 2.26. The smallest absolute Gasteiger partial charge is 0.123 e. The summed E-state index contributed by atoms with van der Waals surface area (Å²) in [5.74, 6) is 0.0575. The largest absolute Gasteiger partial charge is 0.261 e. The van der Waals surface area contributed by atoms with Crippen LogP contribution in [0.3, 0.4) is 0 Å². The molecule has 1 atom stereocenters. The summed E-state index contributed by atoms with van der Waals surface area (Å²) in [5, 5.41) is 0. The molecule has 0 N–H and O–H groups in total. The maximum atomic E-state index is 12.9. The van der Waals surface area contributed by atoms with E-state index in [-0.39, 0.29) is 11.7 Å². The summed E-state index contributed by atoms with van der Waals surface area (Å²) in [7, 11) is 0. The third-order valence-electron chi connectivity index (χ3n) is 3.10. The molecule has 0 aliphatic rings. The lowest BCUT2D eigenvalue weighted by atomic mass is 9.91. The van der Waals surface area contributed by atoms with Crippen molar-refractivity contribution in [3.05, 3.63) is 65.2 Å². The van der Waals surface area contributed by atoms with Gasteiger partial charge in [-0.25, -0.2) is 4.39 Å². The van der Waals surface area contributed by atoms with Crippen molar-refractivity contribution >= 4 is 0 Å². The summed E-state index contributed by atoms with van der Waals surface area (Å²) >= 11 is 0. The summed E-state index contributed by atoms with van der Waals surface area (Å²) in [5.41, 5.74) is 3.46. The van der Waals surface area contributed by atoms with Gasteiger partial charge in [0.15, 0.2) is 0 Å². The Kier molecular flexibility index (Phi) is 3.52. The van der Waals surface area contributed by atoms with Crippen LogP contribution in [0.1, 0.15) is 36.6 Å². The first kappa shape index (κ1) is 11.8. The molecule has 0 aliphatic heterocycles. The van der Waals surface area contributed by atoms with Gasteiger partial charge in [-0.3, -0.25) is 4.98 Å². The highest BCUT2D eigenvalue weighted by molar-refractivity contribution is 5.34. The number of hydrogen-bond acceptors (Lipinski definition) is 1. The quantitative estimate of drug-likeness (QED) is 0.777. The minimum absolute atomic E-state index is 0.192. The molecule has 0 radical (unpaired) electrons. The zero-order valence-corrected chi connectivity index (χ0v) is 10.2. The van der Waals surface area contributed by atoms with E-state index in [2.05, 4.69) is 24.9 Å². The highest BCUT2D eigenvalue weighted by Gasteiger charge is 2.12. The van der Waals surface area contributed by atoms with Crippen LogP contribution in [-0.2, 0) is 6.42 Å². The molecule has 1 nitrogen and oxygen atoms in total. The van der Waals surface area contributed by atoms with Crippen LogP contribution in [0.25, 0.3) is 0 Å². The lowest BCUT2D eigenvalue weighted by molar-refractivity contribution is 0.626. The second-order valence-corrected chi connectivity index (χ2v) is 4.17. The molecule has 1 unspecified atom stereocenters. The average molecular weight is 229 g/mol. The standard InChI is InChI=1S/C15H16FN/c1-3-15-14(5-4-10-17-15)11(2)12-6-8-13(16)9-7-12/h4-11H,3H2,1-2H3. The molecule has 2 heteroatoms. The Balaban J connectivity index is 2.36. The van der Waals surface area contributed by atoms with Crippen LogP contribution in [-0.4, -0.2) is 4.98 Å². The van der Waals surface area contributed by atoms with Crippen LogP contribution in [0.5, 0.6) is 0 Å². The van der Waals surface area contributed by atoms with Gasteiger partial charge in [0.1, 0.15) is 5.82 Å².